The van der Waals surface area contributed by atoms with Gasteiger partial charge in [0.1, 0.15) is 23.2 Å². The van der Waals surface area contributed by atoms with E-state index in [1.54, 1.807) is 43.5 Å². The Kier molecular flexibility index (Phi) is 6.82. The second kappa shape index (κ2) is 10.1. The van der Waals surface area contributed by atoms with Gasteiger partial charge in [-0.1, -0.05) is 36.4 Å². The first kappa shape index (κ1) is 24.2. The topological polar surface area (TPSA) is 146 Å². The maximum Gasteiger partial charge on any atom is 0.336 e. The summed E-state index contributed by atoms with van der Waals surface area (Å²) >= 11 is 0. The molecular formula is C27H22N2O7. The number of aromatic hydroxyl groups is 1. The van der Waals surface area contributed by atoms with Crippen molar-refractivity contribution in [2.45, 2.75) is 12.5 Å². The molecule has 0 radical (unpaired) electrons. The van der Waals surface area contributed by atoms with Gasteiger partial charge in [0.05, 0.1) is 18.2 Å². The summed E-state index contributed by atoms with van der Waals surface area (Å²) in [6, 6.07) is 18.1. The van der Waals surface area contributed by atoms with Crippen LogP contribution >= 0.6 is 0 Å². The highest BCUT2D eigenvalue weighted by Crippen LogP contribution is 2.32. The lowest BCUT2D eigenvalue weighted by Crippen LogP contribution is -2.42. The molecule has 0 saturated carbocycles. The Bertz CT molecular complexity index is 1470. The summed E-state index contributed by atoms with van der Waals surface area (Å²) < 4.78 is 5.40. The molecule has 4 rings (SSSR count). The Morgan fingerprint density at radius 3 is 2.36 bits per heavy atom. The van der Waals surface area contributed by atoms with E-state index in [0.717, 1.165) is 11.6 Å². The van der Waals surface area contributed by atoms with Gasteiger partial charge in [-0.2, -0.15) is 0 Å². The number of para-hydroxylation sites is 1. The van der Waals surface area contributed by atoms with Gasteiger partial charge in [-0.15, -0.1) is 0 Å². The molecule has 1 heterocycles. The molecule has 9 heteroatoms. The number of carboxylic acids is 2. The van der Waals surface area contributed by atoms with Gasteiger partial charge in [-0.3, -0.25) is 4.79 Å². The maximum atomic E-state index is 12.9. The molecule has 0 spiro atoms. The fourth-order valence-corrected chi connectivity index (χ4v) is 3.87. The van der Waals surface area contributed by atoms with Crippen LogP contribution in [-0.2, 0) is 11.2 Å². The number of carboxylic acid groups (broad SMARTS) is 2. The molecule has 36 heavy (non-hydrogen) atoms. The van der Waals surface area contributed by atoms with Crippen LogP contribution in [0, 0.1) is 0 Å². The van der Waals surface area contributed by atoms with E-state index in [4.69, 9.17) is 4.74 Å². The van der Waals surface area contributed by atoms with Crippen molar-refractivity contribution in [2.75, 3.05) is 7.11 Å². The van der Waals surface area contributed by atoms with E-state index in [9.17, 15) is 29.7 Å². The first-order chi connectivity index (χ1) is 17.3. The number of benzene rings is 3. The summed E-state index contributed by atoms with van der Waals surface area (Å²) in [5.74, 6) is -2.69. The van der Waals surface area contributed by atoms with Crippen molar-refractivity contribution in [2.24, 2.45) is 0 Å². The molecule has 4 aromatic rings. The fraction of sp³-hybridized carbons (Fsp3) is 0.111. The van der Waals surface area contributed by atoms with Crippen molar-refractivity contribution in [3.05, 3.63) is 89.6 Å². The number of aromatic carboxylic acids is 1. The number of rotatable bonds is 8. The lowest BCUT2D eigenvalue weighted by atomic mass is 9.99. The Hall–Kier alpha value is -4.92. The average Bonchev–Trinajstić information content (AvgIpc) is 2.88. The molecule has 4 N–H and O–H groups in total. The van der Waals surface area contributed by atoms with Crippen molar-refractivity contribution in [1.82, 2.24) is 10.3 Å². The molecule has 0 saturated heterocycles. The first-order valence-electron chi connectivity index (χ1n) is 10.9. The quantitative estimate of drug-likeness (QED) is 0.295. The lowest BCUT2D eigenvalue weighted by Gasteiger charge is -2.15. The highest BCUT2D eigenvalue weighted by Gasteiger charge is 2.24. The standard InChI is InChI=1S/C27H22N2O7/c1-36-24-5-3-2-4-18(24)16-8-11-21-19(13-16)20(26(32)33)14-22(28-21)25(31)29-23(27(34)35)12-15-6-9-17(30)10-7-15/h2-11,13-14,23,30H,12H2,1H3,(H,29,31)(H,32,33)(H,34,35). The van der Waals surface area contributed by atoms with Crippen molar-refractivity contribution in [3.8, 4) is 22.6 Å². The monoisotopic (exact) mass is 486 g/mol. The predicted molar refractivity (Wildman–Crippen MR) is 131 cm³/mol. The number of aliphatic carboxylic acids is 1. The molecule has 0 bridgehead atoms. The highest BCUT2D eigenvalue weighted by molar-refractivity contribution is 6.07. The van der Waals surface area contributed by atoms with E-state index in [1.807, 2.05) is 18.2 Å². The van der Waals surface area contributed by atoms with Crippen molar-refractivity contribution < 1.29 is 34.4 Å². The summed E-state index contributed by atoms with van der Waals surface area (Å²) in [7, 11) is 1.54. The molecule has 0 aliphatic heterocycles. The fourth-order valence-electron chi connectivity index (χ4n) is 3.87. The Morgan fingerprint density at radius 1 is 0.972 bits per heavy atom. The zero-order valence-corrected chi connectivity index (χ0v) is 19.1. The SMILES string of the molecule is COc1ccccc1-c1ccc2nc(C(=O)NC(Cc3ccc(O)cc3)C(=O)O)cc(C(=O)O)c2c1. The number of methoxy groups -OCH3 is 1. The number of amides is 1. The second-order valence-corrected chi connectivity index (χ2v) is 8.03. The molecule has 3 aromatic carbocycles. The first-order valence-corrected chi connectivity index (χ1v) is 10.9. The zero-order chi connectivity index (χ0) is 25.8. The second-order valence-electron chi connectivity index (χ2n) is 8.03. The maximum absolute atomic E-state index is 12.9. The van der Waals surface area contributed by atoms with Crippen LogP contribution in [0.4, 0.5) is 0 Å². The van der Waals surface area contributed by atoms with Gasteiger partial charge in [-0.05, 0) is 47.5 Å². The van der Waals surface area contributed by atoms with Gasteiger partial charge in [0.2, 0.25) is 0 Å². The van der Waals surface area contributed by atoms with Gasteiger partial charge >= 0.3 is 11.9 Å². The number of pyridine rings is 1. The number of nitrogens with one attached hydrogen (secondary N) is 1. The molecule has 182 valence electrons. The minimum atomic E-state index is -1.29. The number of carbonyl (C=O) groups excluding carboxylic acids is 1. The molecule has 1 atom stereocenters. The van der Waals surface area contributed by atoms with Crippen LogP contribution in [0.25, 0.3) is 22.0 Å². The van der Waals surface area contributed by atoms with E-state index in [0.29, 0.717) is 22.3 Å². The number of hydrogen-bond donors (Lipinski definition) is 4. The number of carbonyl (C=O) groups is 3. The summed E-state index contributed by atoms with van der Waals surface area (Å²) in [5.41, 5.74) is 1.96. The van der Waals surface area contributed by atoms with E-state index in [2.05, 4.69) is 10.3 Å². The molecule has 9 nitrogen and oxygen atoms in total. The van der Waals surface area contributed by atoms with Crippen LogP contribution in [0.15, 0.2) is 72.8 Å². The van der Waals surface area contributed by atoms with E-state index < -0.39 is 23.9 Å². The smallest absolute Gasteiger partial charge is 0.336 e. The Morgan fingerprint density at radius 2 is 1.69 bits per heavy atom. The number of ether oxygens (including phenoxy) is 1. The summed E-state index contributed by atoms with van der Waals surface area (Å²) in [5, 5.41) is 31.6. The van der Waals surface area contributed by atoms with Gasteiger partial charge in [0.25, 0.3) is 5.91 Å². The number of nitrogens with zero attached hydrogens (tertiary/aromatic N) is 1. The van der Waals surface area contributed by atoms with E-state index in [1.165, 1.54) is 12.1 Å². The minimum absolute atomic E-state index is 0.0325. The molecule has 0 fully saturated rings. The summed E-state index contributed by atoms with van der Waals surface area (Å²) in [6.45, 7) is 0. The summed E-state index contributed by atoms with van der Waals surface area (Å²) in [6.07, 6.45) is -0.0387. The van der Waals surface area contributed by atoms with Crippen molar-refractivity contribution in [3.63, 3.8) is 0 Å². The Labute approximate surface area is 205 Å². The van der Waals surface area contributed by atoms with Crippen molar-refractivity contribution >= 4 is 28.7 Å². The normalized spacial score (nSPS) is 11.6. The van der Waals surface area contributed by atoms with Crippen LogP contribution in [-0.4, -0.2) is 51.3 Å². The van der Waals surface area contributed by atoms with Crippen LogP contribution < -0.4 is 10.1 Å². The molecule has 0 aliphatic carbocycles. The summed E-state index contributed by atoms with van der Waals surface area (Å²) in [4.78, 5) is 41.0. The molecule has 1 amide bonds. The Balaban J connectivity index is 1.68. The van der Waals surface area contributed by atoms with Crippen LogP contribution in [0.3, 0.4) is 0 Å². The lowest BCUT2D eigenvalue weighted by molar-refractivity contribution is -0.139. The number of aromatic nitrogens is 1. The van der Waals surface area contributed by atoms with E-state index in [-0.39, 0.29) is 28.9 Å². The number of hydrogen-bond acceptors (Lipinski definition) is 6. The van der Waals surface area contributed by atoms with Crippen molar-refractivity contribution in [1.29, 1.82) is 0 Å². The third-order valence-electron chi connectivity index (χ3n) is 5.67. The van der Waals surface area contributed by atoms with Gasteiger partial charge in [0, 0.05) is 17.4 Å². The van der Waals surface area contributed by atoms with Crippen LogP contribution in [0.5, 0.6) is 11.5 Å². The third kappa shape index (κ3) is 5.10. The largest absolute Gasteiger partial charge is 0.508 e. The van der Waals surface area contributed by atoms with Gasteiger partial charge in [-0.25, -0.2) is 14.6 Å². The molecule has 1 aromatic heterocycles. The number of phenolic OH excluding ortho intramolecular Hbond substituents is 1. The zero-order valence-electron chi connectivity index (χ0n) is 19.1. The van der Waals surface area contributed by atoms with Crippen LogP contribution in [0.1, 0.15) is 26.4 Å². The minimum Gasteiger partial charge on any atom is -0.508 e. The number of phenols is 1. The predicted octanol–water partition coefficient (Wildman–Crippen LogP) is 3.74. The molecule has 1 unspecified atom stereocenters. The third-order valence-corrected chi connectivity index (χ3v) is 5.67. The average molecular weight is 486 g/mol. The number of fused-ring (bicyclic) bond motifs is 1. The molecular weight excluding hydrogens is 464 g/mol. The molecule has 0 aliphatic rings. The van der Waals surface area contributed by atoms with Crippen LogP contribution in [0.2, 0.25) is 0 Å². The van der Waals surface area contributed by atoms with E-state index >= 15 is 0 Å². The van der Waals surface area contributed by atoms with Gasteiger partial charge in [0.15, 0.2) is 0 Å². The highest BCUT2D eigenvalue weighted by atomic mass is 16.5. The van der Waals surface area contributed by atoms with Gasteiger partial charge < -0.3 is 25.4 Å².